The van der Waals surface area contributed by atoms with E-state index in [1.807, 2.05) is 46.8 Å². The molecule has 0 aliphatic carbocycles. The van der Waals surface area contributed by atoms with Crippen molar-refractivity contribution in [3.63, 3.8) is 0 Å². The Morgan fingerprint density at radius 3 is 2.55 bits per heavy atom. The molecule has 1 aromatic rings. The molecule has 2 rings (SSSR count). The molecule has 0 saturated carbocycles. The minimum Gasteiger partial charge on any atom is -0.489 e. The number of nitrogens with zero attached hydrogens (tertiary/aromatic N) is 1. The lowest BCUT2D eigenvalue weighted by Gasteiger charge is -2.31. The van der Waals surface area contributed by atoms with Gasteiger partial charge in [0.2, 0.25) is 0 Å². The van der Waals surface area contributed by atoms with Gasteiger partial charge >= 0.3 is 6.09 Å². The molecule has 5 nitrogen and oxygen atoms in total. The number of carbonyl (C=O) groups excluding carboxylic acids is 1. The molecule has 0 unspecified atom stereocenters. The molecule has 1 aliphatic heterocycles. The maximum atomic E-state index is 12.2. The van der Waals surface area contributed by atoms with Crippen molar-refractivity contribution in [2.24, 2.45) is 0 Å². The van der Waals surface area contributed by atoms with Crippen molar-refractivity contribution >= 4 is 11.8 Å². The Labute approximate surface area is 132 Å². The maximum Gasteiger partial charge on any atom is 0.410 e. The largest absolute Gasteiger partial charge is 0.489 e. The van der Waals surface area contributed by atoms with Gasteiger partial charge in [-0.2, -0.15) is 0 Å². The zero-order valence-corrected chi connectivity index (χ0v) is 14.1. The van der Waals surface area contributed by atoms with Crippen molar-refractivity contribution in [3.8, 4) is 5.75 Å². The van der Waals surface area contributed by atoms with Gasteiger partial charge in [0, 0.05) is 13.1 Å². The zero-order valence-electron chi connectivity index (χ0n) is 14.1. The van der Waals surface area contributed by atoms with Crippen molar-refractivity contribution in [1.29, 1.82) is 0 Å². The third-order valence-electron chi connectivity index (χ3n) is 3.36. The van der Waals surface area contributed by atoms with Crippen LogP contribution in [0.15, 0.2) is 12.1 Å². The first-order valence-electron chi connectivity index (χ1n) is 7.71. The molecule has 5 heteroatoms. The normalized spacial score (nSPS) is 14.7. The number of amides is 1. The lowest BCUT2D eigenvalue weighted by Crippen LogP contribution is -2.39. The lowest BCUT2D eigenvalue weighted by molar-refractivity contribution is 0.0224. The molecule has 1 aromatic carbocycles. The molecule has 22 heavy (non-hydrogen) atoms. The summed E-state index contributed by atoms with van der Waals surface area (Å²) in [7, 11) is 0. The summed E-state index contributed by atoms with van der Waals surface area (Å²) in [6, 6.07) is 3.90. The third kappa shape index (κ3) is 4.06. The highest BCUT2D eigenvalue weighted by Crippen LogP contribution is 2.31. The van der Waals surface area contributed by atoms with E-state index >= 15 is 0 Å². The van der Waals surface area contributed by atoms with Gasteiger partial charge in [-0.05, 0) is 64.3 Å². The van der Waals surface area contributed by atoms with Gasteiger partial charge in [-0.15, -0.1) is 0 Å². The van der Waals surface area contributed by atoms with Gasteiger partial charge in [0.15, 0.2) is 0 Å². The van der Waals surface area contributed by atoms with E-state index in [4.69, 9.17) is 15.2 Å². The summed E-state index contributed by atoms with van der Waals surface area (Å²) >= 11 is 0. The van der Waals surface area contributed by atoms with E-state index in [-0.39, 0.29) is 12.2 Å². The third-order valence-corrected chi connectivity index (χ3v) is 3.36. The molecule has 0 radical (unpaired) electrons. The monoisotopic (exact) mass is 306 g/mol. The number of hydrogen-bond acceptors (Lipinski definition) is 4. The van der Waals surface area contributed by atoms with Crippen LogP contribution < -0.4 is 10.5 Å². The summed E-state index contributed by atoms with van der Waals surface area (Å²) < 4.78 is 11.2. The average Bonchev–Trinajstić information content (AvgIpc) is 2.36. The van der Waals surface area contributed by atoms with Crippen LogP contribution in [0.3, 0.4) is 0 Å². The molecule has 2 N–H and O–H groups in total. The molecule has 0 bridgehead atoms. The van der Waals surface area contributed by atoms with E-state index < -0.39 is 5.60 Å². The Bertz CT molecular complexity index is 562. The second-order valence-electron chi connectivity index (χ2n) is 6.98. The van der Waals surface area contributed by atoms with Gasteiger partial charge in [-0.1, -0.05) is 0 Å². The predicted molar refractivity (Wildman–Crippen MR) is 87.0 cm³/mol. The Hall–Kier alpha value is -1.91. The first kappa shape index (κ1) is 16.5. The van der Waals surface area contributed by atoms with Crippen molar-refractivity contribution in [2.45, 2.75) is 59.3 Å². The van der Waals surface area contributed by atoms with E-state index in [1.54, 1.807) is 4.90 Å². The second-order valence-corrected chi connectivity index (χ2v) is 6.98. The van der Waals surface area contributed by atoms with Crippen LogP contribution in [0.25, 0.3) is 0 Å². The van der Waals surface area contributed by atoms with Gasteiger partial charge in [0.25, 0.3) is 0 Å². The molecule has 122 valence electrons. The Balaban J connectivity index is 2.14. The van der Waals surface area contributed by atoms with Crippen LogP contribution >= 0.6 is 0 Å². The number of ether oxygens (including phenoxy) is 2. The number of rotatable bonds is 2. The molecule has 0 atom stereocenters. The predicted octanol–water partition coefficient (Wildman–Crippen LogP) is 3.35. The Kier molecular flexibility index (Phi) is 4.54. The number of fused-ring (bicyclic) bond motifs is 1. The molecular weight excluding hydrogens is 280 g/mol. The van der Waals surface area contributed by atoms with Gasteiger partial charge in [-0.25, -0.2) is 4.79 Å². The minimum absolute atomic E-state index is 0.0854. The maximum absolute atomic E-state index is 12.2. The van der Waals surface area contributed by atoms with Crippen molar-refractivity contribution in [1.82, 2.24) is 4.90 Å². The smallest absolute Gasteiger partial charge is 0.410 e. The van der Waals surface area contributed by atoms with Gasteiger partial charge in [0.1, 0.15) is 11.4 Å². The van der Waals surface area contributed by atoms with Gasteiger partial charge < -0.3 is 20.1 Å². The summed E-state index contributed by atoms with van der Waals surface area (Å²) in [6.07, 6.45) is 0.588. The van der Waals surface area contributed by atoms with Crippen LogP contribution in [0.1, 0.15) is 45.7 Å². The molecule has 0 aromatic heterocycles. The summed E-state index contributed by atoms with van der Waals surface area (Å²) in [5.41, 5.74) is 8.43. The highest BCUT2D eigenvalue weighted by molar-refractivity contribution is 5.69. The first-order chi connectivity index (χ1) is 10.2. The molecule has 0 spiro atoms. The standard InChI is InChI=1S/C17H26N2O3/c1-11(2)21-15-9-12-6-7-19(10-13(12)8-14(15)18)16(20)22-17(3,4)5/h8-9,11H,6-7,10,18H2,1-5H3. The van der Waals surface area contributed by atoms with E-state index in [0.717, 1.165) is 17.7 Å². The minimum atomic E-state index is -0.481. The van der Waals surface area contributed by atoms with Crippen LogP contribution in [0.4, 0.5) is 10.5 Å². The van der Waals surface area contributed by atoms with Crippen LogP contribution in [-0.2, 0) is 17.7 Å². The van der Waals surface area contributed by atoms with E-state index in [0.29, 0.717) is 18.8 Å². The van der Waals surface area contributed by atoms with Gasteiger partial charge in [0.05, 0.1) is 11.8 Å². The van der Waals surface area contributed by atoms with Crippen molar-refractivity contribution in [3.05, 3.63) is 23.3 Å². The molecule has 0 saturated heterocycles. The topological polar surface area (TPSA) is 64.8 Å². The highest BCUT2D eigenvalue weighted by atomic mass is 16.6. The van der Waals surface area contributed by atoms with Crippen molar-refractivity contribution in [2.75, 3.05) is 12.3 Å². The van der Waals surface area contributed by atoms with Crippen LogP contribution in [0, 0.1) is 0 Å². The fourth-order valence-electron chi connectivity index (χ4n) is 2.44. The first-order valence-corrected chi connectivity index (χ1v) is 7.71. The van der Waals surface area contributed by atoms with E-state index in [1.165, 1.54) is 5.56 Å². The fourth-order valence-corrected chi connectivity index (χ4v) is 2.44. The van der Waals surface area contributed by atoms with Crippen LogP contribution in [-0.4, -0.2) is 29.2 Å². The number of hydrogen-bond donors (Lipinski definition) is 1. The SMILES string of the molecule is CC(C)Oc1cc2c(cc1N)CN(C(=O)OC(C)(C)C)CC2. The second kappa shape index (κ2) is 6.07. The van der Waals surface area contributed by atoms with E-state index in [2.05, 4.69) is 0 Å². The van der Waals surface area contributed by atoms with E-state index in [9.17, 15) is 4.79 Å². The highest BCUT2D eigenvalue weighted by Gasteiger charge is 2.26. The molecule has 1 heterocycles. The summed E-state index contributed by atoms with van der Waals surface area (Å²) in [5.74, 6) is 0.722. The van der Waals surface area contributed by atoms with Crippen LogP contribution in [0.5, 0.6) is 5.75 Å². The molecule has 1 amide bonds. The quantitative estimate of drug-likeness (QED) is 0.851. The Morgan fingerprint density at radius 2 is 1.95 bits per heavy atom. The number of nitrogen functional groups attached to an aromatic ring is 1. The molecular formula is C17H26N2O3. The number of anilines is 1. The fraction of sp³-hybridized carbons (Fsp3) is 0.588. The summed E-state index contributed by atoms with van der Waals surface area (Å²) in [6.45, 7) is 10.7. The molecule has 1 aliphatic rings. The summed E-state index contributed by atoms with van der Waals surface area (Å²) in [5, 5.41) is 0. The number of carbonyl (C=O) groups is 1. The summed E-state index contributed by atoms with van der Waals surface area (Å²) in [4.78, 5) is 13.9. The van der Waals surface area contributed by atoms with Crippen LogP contribution in [0.2, 0.25) is 0 Å². The molecule has 0 fully saturated rings. The zero-order chi connectivity index (χ0) is 16.5. The number of benzene rings is 1. The van der Waals surface area contributed by atoms with Gasteiger partial charge in [-0.3, -0.25) is 0 Å². The van der Waals surface area contributed by atoms with Crippen molar-refractivity contribution < 1.29 is 14.3 Å². The Morgan fingerprint density at radius 1 is 1.27 bits per heavy atom. The number of nitrogens with two attached hydrogens (primary N) is 1. The lowest BCUT2D eigenvalue weighted by atomic mass is 9.98. The average molecular weight is 306 g/mol.